The molecular weight excluding hydrogens is 400 g/mol. The number of benzene rings is 2. The number of nitrogens with one attached hydrogen (secondary N) is 1. The van der Waals surface area contributed by atoms with Gasteiger partial charge in [0, 0.05) is 6.07 Å². The van der Waals surface area contributed by atoms with E-state index in [1.807, 2.05) is 34.6 Å². The van der Waals surface area contributed by atoms with Gasteiger partial charge in [0.1, 0.15) is 12.3 Å². The predicted octanol–water partition coefficient (Wildman–Crippen LogP) is 4.04. The van der Waals surface area contributed by atoms with Gasteiger partial charge in [-0.3, -0.25) is 9.10 Å². The Balaban J connectivity index is 2.22. The number of rotatable bonds is 8. The molecule has 0 aliphatic rings. The molecule has 2 aromatic rings. The average Bonchev–Trinajstić information content (AvgIpc) is 2.61. The quantitative estimate of drug-likeness (QED) is 0.683. The molecule has 0 spiro atoms. The van der Waals surface area contributed by atoms with Crippen LogP contribution in [-0.4, -0.2) is 33.2 Å². The summed E-state index contributed by atoms with van der Waals surface area (Å²) in [5, 5.41) is 2.93. The highest BCUT2D eigenvalue weighted by molar-refractivity contribution is 7.92. The number of nitrogens with zero attached hydrogens (tertiary/aromatic N) is 1. The van der Waals surface area contributed by atoms with Crippen LogP contribution in [0.5, 0.6) is 5.75 Å². The summed E-state index contributed by atoms with van der Waals surface area (Å²) in [6.07, 6.45) is 1.05. The van der Waals surface area contributed by atoms with E-state index in [9.17, 15) is 13.2 Å². The summed E-state index contributed by atoms with van der Waals surface area (Å²) in [5.41, 5.74) is 4.84. The molecule has 164 valence electrons. The fourth-order valence-electron chi connectivity index (χ4n) is 3.33. The van der Waals surface area contributed by atoms with E-state index in [0.717, 1.165) is 27.3 Å². The van der Waals surface area contributed by atoms with Crippen molar-refractivity contribution in [1.29, 1.82) is 0 Å². The van der Waals surface area contributed by atoms with Crippen molar-refractivity contribution in [3.8, 4) is 5.75 Å². The minimum absolute atomic E-state index is 0.0442. The zero-order valence-corrected chi connectivity index (χ0v) is 19.6. The Hall–Kier alpha value is -2.54. The molecule has 0 aliphatic carbocycles. The summed E-state index contributed by atoms with van der Waals surface area (Å²) < 4.78 is 31.5. The van der Waals surface area contributed by atoms with Crippen molar-refractivity contribution in [3.63, 3.8) is 0 Å². The molecule has 6 nitrogen and oxygen atoms in total. The van der Waals surface area contributed by atoms with Crippen LogP contribution in [0.2, 0.25) is 0 Å². The second-order valence-corrected chi connectivity index (χ2v) is 9.92. The second-order valence-electron chi connectivity index (χ2n) is 8.02. The number of sulfonamides is 1. The first kappa shape index (κ1) is 23.7. The number of anilines is 1. The largest absolute Gasteiger partial charge is 0.491 e. The lowest BCUT2D eigenvalue weighted by Crippen LogP contribution is -2.41. The third-order valence-electron chi connectivity index (χ3n) is 4.89. The molecule has 30 heavy (non-hydrogen) atoms. The molecule has 1 unspecified atom stereocenters. The fourth-order valence-corrected chi connectivity index (χ4v) is 4.18. The minimum Gasteiger partial charge on any atom is -0.491 e. The van der Waals surface area contributed by atoms with Crippen LogP contribution in [0.15, 0.2) is 36.4 Å². The Morgan fingerprint density at radius 1 is 1.03 bits per heavy atom. The van der Waals surface area contributed by atoms with Gasteiger partial charge in [-0.15, -0.1) is 0 Å². The molecule has 1 atom stereocenters. The Kier molecular flexibility index (Phi) is 7.53. The molecule has 7 heteroatoms. The maximum Gasteiger partial charge on any atom is 0.241 e. The normalized spacial score (nSPS) is 12.5. The van der Waals surface area contributed by atoms with Crippen molar-refractivity contribution in [1.82, 2.24) is 5.32 Å². The van der Waals surface area contributed by atoms with E-state index in [1.165, 1.54) is 5.56 Å². The lowest BCUT2D eigenvalue weighted by atomic mass is 9.96. The fraction of sp³-hybridized carbons (Fsp3) is 0.435. The topological polar surface area (TPSA) is 75.7 Å². The van der Waals surface area contributed by atoms with Crippen molar-refractivity contribution in [2.24, 2.45) is 0 Å². The van der Waals surface area contributed by atoms with Crippen molar-refractivity contribution >= 4 is 21.6 Å². The van der Waals surface area contributed by atoms with Crippen molar-refractivity contribution in [3.05, 3.63) is 58.7 Å². The number of aryl methyl sites for hydroxylation is 3. The van der Waals surface area contributed by atoms with Gasteiger partial charge in [0.15, 0.2) is 0 Å². The molecule has 0 bridgehead atoms. The van der Waals surface area contributed by atoms with Gasteiger partial charge in [-0.2, -0.15) is 0 Å². The van der Waals surface area contributed by atoms with Gasteiger partial charge < -0.3 is 10.1 Å². The second kappa shape index (κ2) is 9.51. The number of hydrogen-bond donors (Lipinski definition) is 1. The molecule has 1 N–H and O–H groups in total. The van der Waals surface area contributed by atoms with Gasteiger partial charge in [-0.05, 0) is 75.9 Å². The molecule has 0 heterocycles. The maximum atomic E-state index is 12.7. The summed E-state index contributed by atoms with van der Waals surface area (Å²) in [6.45, 7) is 11.5. The van der Waals surface area contributed by atoms with Crippen LogP contribution in [0, 0.1) is 20.8 Å². The van der Waals surface area contributed by atoms with E-state index in [0.29, 0.717) is 11.4 Å². The van der Waals surface area contributed by atoms with Crippen LogP contribution in [0.4, 0.5) is 5.69 Å². The van der Waals surface area contributed by atoms with E-state index in [2.05, 4.69) is 24.4 Å². The Bertz CT molecular complexity index is 1020. The summed E-state index contributed by atoms with van der Waals surface area (Å²) >= 11 is 0. The zero-order valence-electron chi connectivity index (χ0n) is 18.8. The van der Waals surface area contributed by atoms with E-state index in [1.54, 1.807) is 24.3 Å². The van der Waals surface area contributed by atoms with E-state index >= 15 is 0 Å². The third kappa shape index (κ3) is 6.23. The SMILES string of the molecule is Cc1cc(C)c(C(C)NC(=O)CN(c2cccc(OC(C)C)c2)S(C)(=O)=O)cc1C. The van der Waals surface area contributed by atoms with Crippen LogP contribution in [0.25, 0.3) is 0 Å². The zero-order chi connectivity index (χ0) is 22.6. The lowest BCUT2D eigenvalue weighted by Gasteiger charge is -2.24. The highest BCUT2D eigenvalue weighted by atomic mass is 32.2. The first-order valence-corrected chi connectivity index (χ1v) is 11.8. The minimum atomic E-state index is -3.66. The Labute approximate surface area is 180 Å². The molecular formula is C23H32N2O4S. The summed E-state index contributed by atoms with van der Waals surface area (Å²) in [5.74, 6) is 0.177. The molecule has 0 fully saturated rings. The van der Waals surface area contributed by atoms with Crippen molar-refractivity contribution < 1.29 is 17.9 Å². The number of carbonyl (C=O) groups is 1. The van der Waals surface area contributed by atoms with E-state index < -0.39 is 10.0 Å². The molecule has 1 amide bonds. The lowest BCUT2D eigenvalue weighted by molar-refractivity contribution is -0.120. The van der Waals surface area contributed by atoms with Crippen LogP contribution in [-0.2, 0) is 14.8 Å². The maximum absolute atomic E-state index is 12.7. The smallest absolute Gasteiger partial charge is 0.241 e. The van der Waals surface area contributed by atoms with Gasteiger partial charge in [-0.25, -0.2) is 8.42 Å². The molecule has 2 aromatic carbocycles. The summed E-state index contributed by atoms with van der Waals surface area (Å²) in [6, 6.07) is 10.7. The number of carbonyl (C=O) groups excluding carboxylic acids is 1. The summed E-state index contributed by atoms with van der Waals surface area (Å²) in [7, 11) is -3.66. The van der Waals surface area contributed by atoms with Crippen molar-refractivity contribution in [2.75, 3.05) is 17.1 Å². The molecule has 0 aromatic heterocycles. The molecule has 0 saturated carbocycles. The number of hydrogen-bond acceptors (Lipinski definition) is 4. The van der Waals surface area contributed by atoms with Gasteiger partial charge in [-0.1, -0.05) is 18.2 Å². The van der Waals surface area contributed by atoms with Crippen molar-refractivity contribution in [2.45, 2.75) is 53.7 Å². The summed E-state index contributed by atoms with van der Waals surface area (Å²) in [4.78, 5) is 12.7. The van der Waals surface area contributed by atoms with Gasteiger partial charge in [0.2, 0.25) is 15.9 Å². The van der Waals surface area contributed by atoms with Gasteiger partial charge in [0.25, 0.3) is 0 Å². The highest BCUT2D eigenvalue weighted by Gasteiger charge is 2.23. The number of ether oxygens (including phenoxy) is 1. The van der Waals surface area contributed by atoms with E-state index in [-0.39, 0.29) is 24.6 Å². The average molecular weight is 433 g/mol. The van der Waals surface area contributed by atoms with E-state index in [4.69, 9.17) is 4.74 Å². The highest BCUT2D eigenvalue weighted by Crippen LogP contribution is 2.25. The first-order chi connectivity index (χ1) is 13.9. The van der Waals surface area contributed by atoms with Crippen LogP contribution in [0.1, 0.15) is 49.1 Å². The van der Waals surface area contributed by atoms with Gasteiger partial charge in [0.05, 0.1) is 24.1 Å². The standard InChI is InChI=1S/C23H32N2O4S/c1-15(2)29-21-10-8-9-20(13-21)25(30(7,27)28)14-23(26)24-19(6)22-12-17(4)16(3)11-18(22)5/h8-13,15,19H,14H2,1-7H3,(H,24,26). The van der Waals surface area contributed by atoms with Crippen LogP contribution < -0.4 is 14.4 Å². The molecule has 2 rings (SSSR count). The number of amides is 1. The van der Waals surface area contributed by atoms with Crippen LogP contribution in [0.3, 0.4) is 0 Å². The molecule has 0 aliphatic heterocycles. The monoisotopic (exact) mass is 432 g/mol. The molecule has 0 radical (unpaired) electrons. The first-order valence-electron chi connectivity index (χ1n) is 10.00. The predicted molar refractivity (Wildman–Crippen MR) is 122 cm³/mol. The van der Waals surface area contributed by atoms with Crippen LogP contribution >= 0.6 is 0 Å². The third-order valence-corrected chi connectivity index (χ3v) is 6.03. The Morgan fingerprint density at radius 3 is 2.27 bits per heavy atom. The Morgan fingerprint density at radius 2 is 1.67 bits per heavy atom. The molecule has 0 saturated heterocycles. The van der Waals surface area contributed by atoms with Gasteiger partial charge >= 0.3 is 0 Å².